The lowest BCUT2D eigenvalue weighted by Gasteiger charge is -2.13. The summed E-state index contributed by atoms with van der Waals surface area (Å²) in [6, 6.07) is 7.03. The van der Waals surface area contributed by atoms with Crippen molar-refractivity contribution < 1.29 is 14.3 Å². The average molecular weight is 297 g/mol. The summed E-state index contributed by atoms with van der Waals surface area (Å²) in [4.78, 5) is 24.7. The molecule has 0 unspecified atom stereocenters. The molecule has 1 N–H and O–H groups in total. The van der Waals surface area contributed by atoms with Crippen molar-refractivity contribution in [2.24, 2.45) is 0 Å². The van der Waals surface area contributed by atoms with E-state index < -0.39 is 6.09 Å². The monoisotopic (exact) mass is 296 g/mol. The smallest absolute Gasteiger partial charge is 0.414 e. The van der Waals surface area contributed by atoms with Gasteiger partial charge in [0.15, 0.2) is 0 Å². The Kier molecular flexibility index (Phi) is 4.84. The average Bonchev–Trinajstić information content (AvgIpc) is 2.78. The number of hydrogen-bond donors (Lipinski definition) is 1. The predicted molar refractivity (Wildman–Crippen MR) is 77.0 cm³/mol. The Bertz CT molecular complexity index is 507. The number of rotatable bonds is 5. The summed E-state index contributed by atoms with van der Waals surface area (Å²) in [7, 11) is 0. The molecule has 0 bridgehead atoms. The molecule has 2 rings (SSSR count). The number of amides is 2. The van der Waals surface area contributed by atoms with E-state index in [0.29, 0.717) is 30.2 Å². The van der Waals surface area contributed by atoms with Crippen LogP contribution < -0.4 is 10.2 Å². The summed E-state index contributed by atoms with van der Waals surface area (Å²) >= 11 is 5.91. The number of halogens is 1. The second kappa shape index (κ2) is 6.61. The van der Waals surface area contributed by atoms with E-state index in [1.54, 1.807) is 24.3 Å². The molecule has 1 fully saturated rings. The summed E-state index contributed by atoms with van der Waals surface area (Å²) in [6.45, 7) is 2.68. The lowest BCUT2D eigenvalue weighted by atomic mass is 10.2. The van der Waals surface area contributed by atoms with Crippen molar-refractivity contribution in [1.29, 1.82) is 0 Å². The molecule has 0 radical (unpaired) electrons. The van der Waals surface area contributed by atoms with E-state index in [9.17, 15) is 9.59 Å². The molecule has 2 amide bonds. The van der Waals surface area contributed by atoms with Crippen molar-refractivity contribution in [3.63, 3.8) is 0 Å². The van der Waals surface area contributed by atoms with Gasteiger partial charge in [0, 0.05) is 17.1 Å². The number of nitrogens with one attached hydrogen (secondary N) is 1. The molecule has 6 heteroatoms. The number of nitrogens with zero attached hydrogens (tertiary/aromatic N) is 1. The van der Waals surface area contributed by atoms with Crippen LogP contribution in [0.5, 0.6) is 0 Å². The Balaban J connectivity index is 1.92. The van der Waals surface area contributed by atoms with Crippen LogP contribution in [0.3, 0.4) is 0 Å². The number of benzene rings is 1. The van der Waals surface area contributed by atoms with Gasteiger partial charge in [-0.2, -0.15) is 0 Å². The molecule has 5 nitrogen and oxygen atoms in total. The maximum atomic E-state index is 11.8. The number of hydrogen-bond acceptors (Lipinski definition) is 3. The first-order valence-corrected chi connectivity index (χ1v) is 6.98. The van der Waals surface area contributed by atoms with Crippen LogP contribution in [0.2, 0.25) is 5.02 Å². The standard InChI is InChI=1S/C14H17ClN2O3/c1-2-4-13(18)16-8-12-9-17(14(19)20-12)11-6-3-5-10(15)7-11/h3,5-7,12H,2,4,8-9H2,1H3,(H,16,18)/t12-/m0/s1. The molecule has 0 aliphatic carbocycles. The van der Waals surface area contributed by atoms with Crippen LogP contribution in [-0.2, 0) is 9.53 Å². The molecule has 0 saturated carbocycles. The Labute approximate surface area is 122 Å². The normalized spacial score (nSPS) is 18.0. The minimum absolute atomic E-state index is 0.0234. The Morgan fingerprint density at radius 3 is 3.05 bits per heavy atom. The molecular weight excluding hydrogens is 280 g/mol. The van der Waals surface area contributed by atoms with E-state index >= 15 is 0 Å². The largest absolute Gasteiger partial charge is 0.442 e. The van der Waals surface area contributed by atoms with Gasteiger partial charge in [-0.1, -0.05) is 24.6 Å². The second-order valence-corrected chi connectivity index (χ2v) is 5.09. The summed E-state index contributed by atoms with van der Waals surface area (Å²) < 4.78 is 5.23. The fourth-order valence-corrected chi connectivity index (χ4v) is 2.21. The minimum Gasteiger partial charge on any atom is -0.442 e. The van der Waals surface area contributed by atoms with Crippen LogP contribution in [0.25, 0.3) is 0 Å². The van der Waals surface area contributed by atoms with Crippen LogP contribution in [0.1, 0.15) is 19.8 Å². The van der Waals surface area contributed by atoms with Gasteiger partial charge in [-0.15, -0.1) is 0 Å². The molecule has 1 aliphatic rings. The Morgan fingerprint density at radius 1 is 1.55 bits per heavy atom. The van der Waals surface area contributed by atoms with Crippen molar-refractivity contribution >= 4 is 29.3 Å². The highest BCUT2D eigenvalue weighted by atomic mass is 35.5. The van der Waals surface area contributed by atoms with Crippen molar-refractivity contribution in [2.45, 2.75) is 25.9 Å². The lowest BCUT2D eigenvalue weighted by Crippen LogP contribution is -2.34. The number of carbonyl (C=O) groups excluding carboxylic acids is 2. The molecule has 1 aromatic rings. The van der Waals surface area contributed by atoms with Crippen LogP contribution in [0, 0.1) is 0 Å². The fourth-order valence-electron chi connectivity index (χ4n) is 2.03. The van der Waals surface area contributed by atoms with Crippen molar-refractivity contribution in [1.82, 2.24) is 5.32 Å². The number of anilines is 1. The van der Waals surface area contributed by atoms with Crippen molar-refractivity contribution in [2.75, 3.05) is 18.0 Å². The number of cyclic esters (lactones) is 1. The van der Waals surface area contributed by atoms with E-state index in [-0.39, 0.29) is 12.0 Å². The predicted octanol–water partition coefficient (Wildman–Crippen LogP) is 2.58. The van der Waals surface area contributed by atoms with E-state index in [1.807, 2.05) is 6.92 Å². The molecule has 1 heterocycles. The zero-order valence-electron chi connectivity index (χ0n) is 11.3. The third-order valence-corrected chi connectivity index (χ3v) is 3.23. The van der Waals surface area contributed by atoms with E-state index in [4.69, 9.17) is 16.3 Å². The van der Waals surface area contributed by atoms with Gasteiger partial charge in [0.1, 0.15) is 6.10 Å². The Hall–Kier alpha value is -1.75. The second-order valence-electron chi connectivity index (χ2n) is 4.65. The highest BCUT2D eigenvalue weighted by Gasteiger charge is 2.32. The SMILES string of the molecule is CCCC(=O)NC[C@H]1CN(c2cccc(Cl)c2)C(=O)O1. The van der Waals surface area contributed by atoms with Gasteiger partial charge in [-0.3, -0.25) is 9.69 Å². The first-order chi connectivity index (χ1) is 9.60. The van der Waals surface area contributed by atoms with Gasteiger partial charge in [-0.05, 0) is 24.6 Å². The van der Waals surface area contributed by atoms with Gasteiger partial charge < -0.3 is 10.1 Å². The van der Waals surface area contributed by atoms with E-state index in [0.717, 1.165) is 6.42 Å². The molecule has 0 spiro atoms. The zero-order chi connectivity index (χ0) is 14.5. The molecule has 1 saturated heterocycles. The highest BCUT2D eigenvalue weighted by molar-refractivity contribution is 6.30. The number of ether oxygens (including phenoxy) is 1. The van der Waals surface area contributed by atoms with Crippen LogP contribution in [0.4, 0.5) is 10.5 Å². The summed E-state index contributed by atoms with van der Waals surface area (Å²) in [5.74, 6) is -0.0234. The maximum Gasteiger partial charge on any atom is 0.414 e. The van der Waals surface area contributed by atoms with Gasteiger partial charge in [0.2, 0.25) is 5.91 Å². The number of carbonyl (C=O) groups is 2. The van der Waals surface area contributed by atoms with Crippen LogP contribution >= 0.6 is 11.6 Å². The third kappa shape index (κ3) is 3.63. The first kappa shape index (κ1) is 14.7. The van der Waals surface area contributed by atoms with Gasteiger partial charge in [0.25, 0.3) is 0 Å². The molecule has 0 aromatic heterocycles. The summed E-state index contributed by atoms with van der Waals surface area (Å²) in [5, 5.41) is 3.33. The van der Waals surface area contributed by atoms with Gasteiger partial charge in [-0.25, -0.2) is 4.79 Å². The zero-order valence-corrected chi connectivity index (χ0v) is 12.0. The molecule has 20 heavy (non-hydrogen) atoms. The lowest BCUT2D eigenvalue weighted by molar-refractivity contribution is -0.121. The molecule has 1 aromatic carbocycles. The maximum absolute atomic E-state index is 11.8. The molecule has 1 atom stereocenters. The summed E-state index contributed by atoms with van der Waals surface area (Å²) in [5.41, 5.74) is 0.699. The molecule has 1 aliphatic heterocycles. The van der Waals surface area contributed by atoms with Crippen molar-refractivity contribution in [3.05, 3.63) is 29.3 Å². The van der Waals surface area contributed by atoms with Gasteiger partial charge in [0.05, 0.1) is 13.1 Å². The van der Waals surface area contributed by atoms with Gasteiger partial charge >= 0.3 is 6.09 Å². The quantitative estimate of drug-likeness (QED) is 0.908. The fraction of sp³-hybridized carbons (Fsp3) is 0.429. The Morgan fingerprint density at radius 2 is 2.35 bits per heavy atom. The third-order valence-electron chi connectivity index (χ3n) is 3.00. The van der Waals surface area contributed by atoms with E-state index in [1.165, 1.54) is 4.90 Å². The highest BCUT2D eigenvalue weighted by Crippen LogP contribution is 2.24. The van der Waals surface area contributed by atoms with Crippen molar-refractivity contribution in [3.8, 4) is 0 Å². The first-order valence-electron chi connectivity index (χ1n) is 6.60. The van der Waals surface area contributed by atoms with E-state index in [2.05, 4.69) is 5.32 Å². The topological polar surface area (TPSA) is 58.6 Å². The van der Waals surface area contributed by atoms with Crippen LogP contribution in [-0.4, -0.2) is 31.2 Å². The minimum atomic E-state index is -0.415. The summed E-state index contributed by atoms with van der Waals surface area (Å²) in [6.07, 6.45) is 0.535. The molecular formula is C14H17ClN2O3. The van der Waals surface area contributed by atoms with Crippen LogP contribution in [0.15, 0.2) is 24.3 Å². The molecule has 108 valence electrons.